The van der Waals surface area contributed by atoms with Crippen molar-refractivity contribution in [1.82, 2.24) is 9.97 Å². The van der Waals surface area contributed by atoms with Gasteiger partial charge in [0.1, 0.15) is 11.6 Å². The van der Waals surface area contributed by atoms with E-state index in [1.807, 2.05) is 0 Å². The van der Waals surface area contributed by atoms with Crippen LogP contribution < -0.4 is 10.6 Å². The Labute approximate surface area is 178 Å². The lowest BCUT2D eigenvalue weighted by molar-refractivity contribution is 0.187. The van der Waals surface area contributed by atoms with Gasteiger partial charge in [-0.2, -0.15) is 0 Å². The van der Waals surface area contributed by atoms with Crippen molar-refractivity contribution in [3.05, 3.63) is 29.6 Å². The summed E-state index contributed by atoms with van der Waals surface area (Å²) in [6, 6.07) is 6.75. The lowest BCUT2D eigenvalue weighted by Crippen LogP contribution is -2.27. The number of hydrogen-bond donors (Lipinski definition) is 1. The van der Waals surface area contributed by atoms with E-state index in [2.05, 4.69) is 30.0 Å². The fourth-order valence-electron chi connectivity index (χ4n) is 5.00. The standard InChI is InChI=1S/C24H33N5O/c1-16-2-7-22-21(12-16)24(29-10-8-19(25)14-29)28-23(27-22)18-3-5-20(6-4-18)26-13-17-9-11-30-15-17/h2,7,12,17-19H,3-6,8-11,13-15,25H2,1H3/t17?,18?,19-/m0/s1. The number of nitrogens with zero attached hydrogens (tertiary/aromatic N) is 4. The van der Waals surface area contributed by atoms with Gasteiger partial charge >= 0.3 is 0 Å². The highest BCUT2D eigenvalue weighted by Gasteiger charge is 2.27. The summed E-state index contributed by atoms with van der Waals surface area (Å²) in [7, 11) is 0. The molecule has 3 heterocycles. The molecule has 2 aliphatic heterocycles. The van der Waals surface area contributed by atoms with Gasteiger partial charge in [0.05, 0.1) is 12.1 Å². The van der Waals surface area contributed by atoms with Gasteiger partial charge in [-0.25, -0.2) is 9.97 Å². The molecule has 1 unspecified atom stereocenters. The number of aliphatic imine (C=N–C) groups is 1. The van der Waals surface area contributed by atoms with E-state index >= 15 is 0 Å². The van der Waals surface area contributed by atoms with Crippen molar-refractivity contribution in [1.29, 1.82) is 0 Å². The third-order valence-electron chi connectivity index (χ3n) is 6.90. The summed E-state index contributed by atoms with van der Waals surface area (Å²) in [6.07, 6.45) is 6.51. The highest BCUT2D eigenvalue weighted by molar-refractivity contribution is 5.90. The maximum Gasteiger partial charge on any atom is 0.140 e. The molecule has 3 fully saturated rings. The quantitative estimate of drug-likeness (QED) is 0.838. The number of rotatable bonds is 4. The number of ether oxygens (including phenoxy) is 1. The Bertz CT molecular complexity index is 927. The van der Waals surface area contributed by atoms with Crippen molar-refractivity contribution >= 4 is 22.4 Å². The maximum absolute atomic E-state index is 6.20. The highest BCUT2D eigenvalue weighted by atomic mass is 16.5. The molecule has 2 N–H and O–H groups in total. The second kappa shape index (κ2) is 8.60. The average Bonchev–Trinajstić information content (AvgIpc) is 3.44. The van der Waals surface area contributed by atoms with Gasteiger partial charge < -0.3 is 15.4 Å². The monoisotopic (exact) mass is 407 g/mol. The number of fused-ring (bicyclic) bond motifs is 1. The molecular weight excluding hydrogens is 374 g/mol. The summed E-state index contributed by atoms with van der Waals surface area (Å²) in [6.45, 7) is 6.71. The van der Waals surface area contributed by atoms with Crippen molar-refractivity contribution < 1.29 is 4.74 Å². The number of anilines is 1. The molecule has 5 rings (SSSR count). The van der Waals surface area contributed by atoms with E-state index in [-0.39, 0.29) is 6.04 Å². The average molecular weight is 408 g/mol. The predicted octanol–water partition coefficient (Wildman–Crippen LogP) is 3.61. The Balaban J connectivity index is 1.35. The van der Waals surface area contributed by atoms with E-state index in [9.17, 15) is 0 Å². The Hall–Kier alpha value is -2.05. The van der Waals surface area contributed by atoms with Crippen molar-refractivity contribution in [2.45, 2.75) is 57.4 Å². The van der Waals surface area contributed by atoms with Gasteiger partial charge in [-0.15, -0.1) is 0 Å². The van der Waals surface area contributed by atoms with E-state index < -0.39 is 0 Å². The van der Waals surface area contributed by atoms with Crippen LogP contribution in [0.1, 0.15) is 55.8 Å². The minimum Gasteiger partial charge on any atom is -0.381 e. The number of hydrogen-bond acceptors (Lipinski definition) is 6. The van der Waals surface area contributed by atoms with Gasteiger partial charge in [0.15, 0.2) is 0 Å². The third-order valence-corrected chi connectivity index (χ3v) is 6.90. The number of nitrogens with two attached hydrogens (primary N) is 1. The van der Waals surface area contributed by atoms with E-state index in [1.165, 1.54) is 11.3 Å². The molecule has 1 aromatic carbocycles. The molecule has 2 atom stereocenters. The first-order valence-corrected chi connectivity index (χ1v) is 11.5. The van der Waals surface area contributed by atoms with Gasteiger partial charge in [-0.1, -0.05) is 11.6 Å². The fourth-order valence-corrected chi connectivity index (χ4v) is 5.00. The Kier molecular flexibility index (Phi) is 5.70. The van der Waals surface area contributed by atoms with E-state index in [1.54, 1.807) is 0 Å². The van der Waals surface area contributed by atoms with Gasteiger partial charge in [-0.3, -0.25) is 4.99 Å². The molecule has 0 spiro atoms. The minimum absolute atomic E-state index is 0.238. The van der Waals surface area contributed by atoms with Crippen LogP contribution >= 0.6 is 0 Å². The molecule has 6 heteroatoms. The Morgan fingerprint density at radius 1 is 1.17 bits per heavy atom. The van der Waals surface area contributed by atoms with Gasteiger partial charge in [0.25, 0.3) is 0 Å². The topological polar surface area (TPSA) is 76.6 Å². The van der Waals surface area contributed by atoms with Crippen molar-refractivity contribution in [3.8, 4) is 0 Å². The summed E-state index contributed by atoms with van der Waals surface area (Å²) >= 11 is 0. The van der Waals surface area contributed by atoms with Crippen molar-refractivity contribution in [2.75, 3.05) is 37.7 Å². The van der Waals surface area contributed by atoms with Gasteiger partial charge in [-0.05, 0) is 57.6 Å². The van der Waals surface area contributed by atoms with Crippen LogP contribution in [0.2, 0.25) is 0 Å². The molecular formula is C24H33N5O. The van der Waals surface area contributed by atoms with Crippen LogP contribution in [0.3, 0.4) is 0 Å². The summed E-state index contributed by atoms with van der Waals surface area (Å²) in [5.41, 5.74) is 9.88. The zero-order valence-corrected chi connectivity index (χ0v) is 18.0. The van der Waals surface area contributed by atoms with Crippen LogP contribution in [0.15, 0.2) is 23.2 Å². The molecule has 3 aliphatic rings. The predicted molar refractivity (Wildman–Crippen MR) is 122 cm³/mol. The fraction of sp³-hybridized carbons (Fsp3) is 0.625. The summed E-state index contributed by atoms with van der Waals surface area (Å²) in [5, 5.41) is 1.16. The molecule has 6 nitrogen and oxygen atoms in total. The second-order valence-electron chi connectivity index (χ2n) is 9.33. The van der Waals surface area contributed by atoms with E-state index in [0.29, 0.717) is 11.8 Å². The first-order valence-electron chi connectivity index (χ1n) is 11.5. The largest absolute Gasteiger partial charge is 0.381 e. The van der Waals surface area contributed by atoms with Crippen LogP contribution in [0.4, 0.5) is 5.82 Å². The smallest absolute Gasteiger partial charge is 0.140 e. The second-order valence-corrected chi connectivity index (χ2v) is 9.33. The van der Waals surface area contributed by atoms with Gasteiger partial charge in [0, 0.05) is 55.2 Å². The van der Waals surface area contributed by atoms with E-state index in [4.69, 9.17) is 25.4 Å². The zero-order chi connectivity index (χ0) is 20.5. The normalized spacial score (nSPS) is 27.2. The van der Waals surface area contributed by atoms with Crippen LogP contribution in [0.5, 0.6) is 0 Å². The molecule has 160 valence electrons. The Morgan fingerprint density at radius 2 is 2.03 bits per heavy atom. The number of benzene rings is 1. The summed E-state index contributed by atoms with van der Waals surface area (Å²) in [5.74, 6) is 3.12. The Morgan fingerprint density at radius 3 is 2.77 bits per heavy atom. The molecule has 1 aliphatic carbocycles. The minimum atomic E-state index is 0.238. The molecule has 0 amide bonds. The van der Waals surface area contributed by atoms with Crippen LogP contribution in [-0.4, -0.2) is 54.6 Å². The molecule has 0 radical (unpaired) electrons. The molecule has 0 bridgehead atoms. The number of aryl methyl sites for hydroxylation is 1. The van der Waals surface area contributed by atoms with Crippen molar-refractivity contribution in [2.24, 2.45) is 16.6 Å². The first kappa shape index (κ1) is 19.9. The molecule has 1 saturated carbocycles. The summed E-state index contributed by atoms with van der Waals surface area (Å²) in [4.78, 5) is 17.4. The maximum atomic E-state index is 6.20. The third kappa shape index (κ3) is 4.21. The SMILES string of the molecule is Cc1ccc2nc(C3CCC(=NCC4CCOC4)CC3)nc(N3CC[C@H](N)C3)c2c1. The van der Waals surface area contributed by atoms with Crippen LogP contribution in [0, 0.1) is 12.8 Å². The summed E-state index contributed by atoms with van der Waals surface area (Å²) < 4.78 is 5.48. The lowest BCUT2D eigenvalue weighted by Gasteiger charge is -2.25. The lowest BCUT2D eigenvalue weighted by atomic mass is 9.87. The van der Waals surface area contributed by atoms with E-state index in [0.717, 1.165) is 93.9 Å². The van der Waals surface area contributed by atoms with Crippen LogP contribution in [0.25, 0.3) is 10.9 Å². The van der Waals surface area contributed by atoms with Gasteiger partial charge in [0.2, 0.25) is 0 Å². The molecule has 2 saturated heterocycles. The molecule has 30 heavy (non-hydrogen) atoms. The zero-order valence-electron chi connectivity index (χ0n) is 18.0. The van der Waals surface area contributed by atoms with Crippen molar-refractivity contribution in [3.63, 3.8) is 0 Å². The van der Waals surface area contributed by atoms with Crippen LogP contribution in [-0.2, 0) is 4.74 Å². The number of aromatic nitrogens is 2. The highest BCUT2D eigenvalue weighted by Crippen LogP contribution is 2.34. The molecule has 1 aromatic heterocycles. The molecule has 2 aromatic rings. The first-order chi connectivity index (χ1) is 14.7.